The summed E-state index contributed by atoms with van der Waals surface area (Å²) < 4.78 is 14.6. The topological polar surface area (TPSA) is 27.0 Å². The Morgan fingerprint density at radius 2 is 2.00 bits per heavy atom. The molecular weight excluding hydrogens is 319 g/mol. The Morgan fingerprint density at radius 3 is 2.75 bits per heavy atom. The first-order valence-corrected chi connectivity index (χ1v) is 6.99. The molecule has 4 heteroatoms. The van der Waals surface area contributed by atoms with Crippen LogP contribution in [-0.2, 0) is 13.1 Å². The third kappa shape index (κ3) is 3.89. The van der Waals surface area contributed by atoms with E-state index >= 15 is 0 Å². The summed E-state index contributed by atoms with van der Waals surface area (Å²) in [6.07, 6.45) is 0. The lowest BCUT2D eigenvalue weighted by Gasteiger charge is -2.17. The minimum Gasteiger partial charge on any atom is -0.298 e. The Hall–Kier alpha value is -1.70. The van der Waals surface area contributed by atoms with Crippen LogP contribution < -0.4 is 0 Å². The van der Waals surface area contributed by atoms with Gasteiger partial charge in [0.05, 0.1) is 11.6 Å². The predicted octanol–water partition coefficient (Wildman–Crippen LogP) is 4.09. The highest BCUT2D eigenvalue weighted by Gasteiger charge is 2.07. The number of hydrogen-bond donors (Lipinski definition) is 0. The molecule has 2 rings (SSSR count). The van der Waals surface area contributed by atoms with Crippen molar-refractivity contribution in [3.63, 3.8) is 0 Å². The summed E-state index contributed by atoms with van der Waals surface area (Å²) >= 11 is 3.35. The van der Waals surface area contributed by atoms with Crippen molar-refractivity contribution in [1.82, 2.24) is 4.90 Å². The normalized spacial score (nSPS) is 10.6. The van der Waals surface area contributed by atoms with Gasteiger partial charge in [0.2, 0.25) is 0 Å². The first-order chi connectivity index (χ1) is 9.58. The van der Waals surface area contributed by atoms with Crippen molar-refractivity contribution in [2.75, 3.05) is 7.05 Å². The zero-order valence-corrected chi connectivity index (χ0v) is 12.7. The fraction of sp³-hybridized carbons (Fsp3) is 0.188. The summed E-state index contributed by atoms with van der Waals surface area (Å²) in [6.45, 7) is 1.18. The maximum atomic E-state index is 13.7. The van der Waals surface area contributed by atoms with E-state index in [1.807, 2.05) is 30.1 Å². The molecule has 0 unspecified atom stereocenters. The molecule has 2 nitrogen and oxygen atoms in total. The van der Waals surface area contributed by atoms with Gasteiger partial charge in [-0.15, -0.1) is 0 Å². The lowest BCUT2D eigenvalue weighted by atomic mass is 10.1. The van der Waals surface area contributed by atoms with Crippen molar-refractivity contribution >= 4 is 15.9 Å². The minimum absolute atomic E-state index is 0.203. The van der Waals surface area contributed by atoms with Crippen LogP contribution >= 0.6 is 15.9 Å². The predicted molar refractivity (Wildman–Crippen MR) is 80.4 cm³/mol. The quantitative estimate of drug-likeness (QED) is 0.843. The van der Waals surface area contributed by atoms with Crippen molar-refractivity contribution in [2.45, 2.75) is 13.1 Å². The zero-order chi connectivity index (χ0) is 14.5. The van der Waals surface area contributed by atoms with E-state index in [-0.39, 0.29) is 5.82 Å². The molecule has 102 valence electrons. The Balaban J connectivity index is 2.07. The van der Waals surface area contributed by atoms with E-state index in [1.165, 1.54) is 6.07 Å². The molecule has 20 heavy (non-hydrogen) atoms. The summed E-state index contributed by atoms with van der Waals surface area (Å²) in [5.74, 6) is -0.203. The molecule has 2 aromatic carbocycles. The van der Waals surface area contributed by atoms with Crippen LogP contribution in [0.2, 0.25) is 0 Å². The van der Waals surface area contributed by atoms with Crippen molar-refractivity contribution in [1.29, 1.82) is 5.26 Å². The van der Waals surface area contributed by atoms with Crippen LogP contribution in [0.25, 0.3) is 0 Å². The van der Waals surface area contributed by atoms with Crippen molar-refractivity contribution in [3.8, 4) is 6.07 Å². The smallest absolute Gasteiger partial charge is 0.127 e. The molecule has 0 saturated heterocycles. The fourth-order valence-electron chi connectivity index (χ4n) is 2.06. The SMILES string of the molecule is CN(Cc1cccc(C#N)c1)Cc1cc(Br)ccc1F. The molecule has 0 fully saturated rings. The van der Waals surface area contributed by atoms with Crippen molar-refractivity contribution in [3.05, 3.63) is 69.4 Å². The van der Waals surface area contributed by atoms with E-state index in [2.05, 4.69) is 22.0 Å². The summed E-state index contributed by atoms with van der Waals surface area (Å²) in [4.78, 5) is 2.02. The third-order valence-corrected chi connectivity index (χ3v) is 3.45. The molecule has 0 saturated carbocycles. The van der Waals surface area contributed by atoms with Gasteiger partial charge in [0.15, 0.2) is 0 Å². The molecule has 0 heterocycles. The molecule has 0 atom stereocenters. The molecule has 0 spiro atoms. The average Bonchev–Trinajstić information content (AvgIpc) is 2.43. The van der Waals surface area contributed by atoms with Crippen LogP contribution in [0.1, 0.15) is 16.7 Å². The standard InChI is InChI=1S/C16H14BrFN2/c1-20(10-13-4-2-3-12(7-13)9-19)11-14-8-15(17)5-6-16(14)18/h2-8H,10-11H2,1H3. The lowest BCUT2D eigenvalue weighted by Crippen LogP contribution is -2.18. The summed E-state index contributed by atoms with van der Waals surface area (Å²) in [7, 11) is 1.93. The number of hydrogen-bond acceptors (Lipinski definition) is 2. The Kier molecular flexibility index (Phi) is 4.89. The second-order valence-electron chi connectivity index (χ2n) is 4.72. The van der Waals surface area contributed by atoms with E-state index in [9.17, 15) is 4.39 Å². The van der Waals surface area contributed by atoms with Gasteiger partial charge in [-0.2, -0.15) is 5.26 Å². The van der Waals surface area contributed by atoms with E-state index in [0.717, 1.165) is 10.0 Å². The highest BCUT2D eigenvalue weighted by atomic mass is 79.9. The van der Waals surface area contributed by atoms with Gasteiger partial charge < -0.3 is 0 Å². The van der Waals surface area contributed by atoms with Gasteiger partial charge in [-0.25, -0.2) is 4.39 Å². The minimum atomic E-state index is -0.203. The summed E-state index contributed by atoms with van der Waals surface area (Å²) in [6, 6.07) is 14.5. The van der Waals surface area contributed by atoms with E-state index < -0.39 is 0 Å². The van der Waals surface area contributed by atoms with Crippen molar-refractivity contribution < 1.29 is 4.39 Å². The van der Waals surface area contributed by atoms with Crippen LogP contribution in [-0.4, -0.2) is 11.9 Å². The molecule has 0 aliphatic carbocycles. The number of nitrogens with zero attached hydrogens (tertiary/aromatic N) is 2. The van der Waals surface area contributed by atoms with Crippen LogP contribution in [0.4, 0.5) is 4.39 Å². The van der Waals surface area contributed by atoms with Gasteiger partial charge in [-0.1, -0.05) is 28.1 Å². The molecule has 0 N–H and O–H groups in total. The van der Waals surface area contributed by atoms with Gasteiger partial charge in [0, 0.05) is 23.1 Å². The van der Waals surface area contributed by atoms with E-state index in [1.54, 1.807) is 18.2 Å². The average molecular weight is 333 g/mol. The highest BCUT2D eigenvalue weighted by Crippen LogP contribution is 2.17. The lowest BCUT2D eigenvalue weighted by molar-refractivity contribution is 0.313. The highest BCUT2D eigenvalue weighted by molar-refractivity contribution is 9.10. The summed E-state index contributed by atoms with van der Waals surface area (Å²) in [5.41, 5.74) is 2.34. The van der Waals surface area contributed by atoms with Crippen LogP contribution in [0.15, 0.2) is 46.9 Å². The van der Waals surface area contributed by atoms with Crippen LogP contribution in [0.3, 0.4) is 0 Å². The Labute approximate surface area is 126 Å². The fourth-order valence-corrected chi connectivity index (χ4v) is 2.47. The van der Waals surface area contributed by atoms with Gasteiger partial charge in [0.25, 0.3) is 0 Å². The maximum absolute atomic E-state index is 13.7. The number of rotatable bonds is 4. The van der Waals surface area contributed by atoms with Gasteiger partial charge in [-0.3, -0.25) is 4.90 Å². The number of benzene rings is 2. The van der Waals surface area contributed by atoms with E-state index in [4.69, 9.17) is 5.26 Å². The maximum Gasteiger partial charge on any atom is 0.127 e. The molecule has 0 bridgehead atoms. The molecule has 0 aromatic heterocycles. The van der Waals surface area contributed by atoms with Gasteiger partial charge in [-0.05, 0) is 42.9 Å². The second-order valence-corrected chi connectivity index (χ2v) is 5.64. The largest absolute Gasteiger partial charge is 0.298 e. The summed E-state index contributed by atoms with van der Waals surface area (Å²) in [5, 5.41) is 8.88. The molecule has 0 aliphatic rings. The van der Waals surface area contributed by atoms with Crippen LogP contribution in [0, 0.1) is 17.1 Å². The van der Waals surface area contributed by atoms with Gasteiger partial charge >= 0.3 is 0 Å². The first-order valence-electron chi connectivity index (χ1n) is 6.20. The molecule has 0 aliphatic heterocycles. The monoisotopic (exact) mass is 332 g/mol. The molecule has 0 amide bonds. The third-order valence-electron chi connectivity index (χ3n) is 2.96. The van der Waals surface area contributed by atoms with E-state index in [0.29, 0.717) is 24.2 Å². The van der Waals surface area contributed by atoms with Gasteiger partial charge in [0.1, 0.15) is 5.82 Å². The number of nitriles is 1. The van der Waals surface area contributed by atoms with Crippen molar-refractivity contribution in [2.24, 2.45) is 0 Å². The Bertz CT molecular complexity index is 649. The molecular formula is C16H14BrFN2. The first kappa shape index (κ1) is 14.7. The van der Waals surface area contributed by atoms with Crippen LogP contribution in [0.5, 0.6) is 0 Å². The number of halogens is 2. The second kappa shape index (κ2) is 6.65. The zero-order valence-electron chi connectivity index (χ0n) is 11.1. The molecule has 0 radical (unpaired) electrons. The Morgan fingerprint density at radius 1 is 1.20 bits per heavy atom. The molecule has 2 aromatic rings.